The van der Waals surface area contributed by atoms with E-state index in [9.17, 15) is 0 Å². The molecule has 1 fully saturated rings. The van der Waals surface area contributed by atoms with Crippen LogP contribution in [0.3, 0.4) is 0 Å². The van der Waals surface area contributed by atoms with Crippen molar-refractivity contribution in [2.24, 2.45) is 0 Å². The van der Waals surface area contributed by atoms with E-state index in [1.165, 1.54) is 19.3 Å². The number of hydrogen-bond acceptors (Lipinski definition) is 2. The lowest BCUT2D eigenvalue weighted by atomic mass is 10.1. The van der Waals surface area contributed by atoms with E-state index in [1.807, 2.05) is 0 Å². The van der Waals surface area contributed by atoms with Gasteiger partial charge in [-0.3, -0.25) is 0 Å². The van der Waals surface area contributed by atoms with E-state index >= 15 is 0 Å². The predicted molar refractivity (Wildman–Crippen MR) is 38.8 cm³/mol. The molecule has 0 aromatic heterocycles. The molecule has 0 aromatic carbocycles. The highest BCUT2D eigenvalue weighted by molar-refractivity contribution is 4.90. The SMILES string of the molecule is CCCCC1(C)NN1C. The lowest BCUT2D eigenvalue weighted by Gasteiger charge is -2.03. The summed E-state index contributed by atoms with van der Waals surface area (Å²) in [7, 11) is 2.09. The normalized spacial score (nSPS) is 41.0. The van der Waals surface area contributed by atoms with E-state index in [1.54, 1.807) is 0 Å². The van der Waals surface area contributed by atoms with E-state index in [4.69, 9.17) is 0 Å². The first-order valence-corrected chi connectivity index (χ1v) is 3.71. The number of nitrogens with zero attached hydrogens (tertiary/aromatic N) is 1. The van der Waals surface area contributed by atoms with E-state index in [2.05, 4.69) is 31.3 Å². The fraction of sp³-hybridized carbons (Fsp3) is 1.00. The van der Waals surface area contributed by atoms with Gasteiger partial charge in [-0.05, 0) is 13.3 Å². The zero-order valence-corrected chi connectivity index (χ0v) is 6.57. The average molecular weight is 128 g/mol. The highest BCUT2D eigenvalue weighted by Gasteiger charge is 2.42. The molecule has 0 spiro atoms. The van der Waals surface area contributed by atoms with Gasteiger partial charge in [-0.25, -0.2) is 10.4 Å². The van der Waals surface area contributed by atoms with Crippen LogP contribution in [0.5, 0.6) is 0 Å². The molecule has 1 aliphatic heterocycles. The molecule has 1 aliphatic rings. The van der Waals surface area contributed by atoms with Gasteiger partial charge in [0, 0.05) is 7.05 Å². The molecular weight excluding hydrogens is 112 g/mol. The molecule has 1 rings (SSSR count). The van der Waals surface area contributed by atoms with Gasteiger partial charge in [0.25, 0.3) is 0 Å². The topological polar surface area (TPSA) is 25.0 Å². The van der Waals surface area contributed by atoms with Gasteiger partial charge >= 0.3 is 0 Å². The third-order valence-corrected chi connectivity index (χ3v) is 2.12. The summed E-state index contributed by atoms with van der Waals surface area (Å²) in [6.07, 6.45) is 3.90. The largest absolute Gasteiger partial charge is 0.233 e. The van der Waals surface area contributed by atoms with Crippen LogP contribution in [0.15, 0.2) is 0 Å². The van der Waals surface area contributed by atoms with Gasteiger partial charge < -0.3 is 0 Å². The molecule has 0 bridgehead atoms. The minimum atomic E-state index is 0.343. The fourth-order valence-electron chi connectivity index (χ4n) is 1.08. The number of hydrogen-bond donors (Lipinski definition) is 1. The van der Waals surface area contributed by atoms with E-state index in [0.29, 0.717) is 5.66 Å². The van der Waals surface area contributed by atoms with Crippen molar-refractivity contribution < 1.29 is 0 Å². The lowest BCUT2D eigenvalue weighted by Crippen LogP contribution is -2.11. The second-order valence-electron chi connectivity index (χ2n) is 3.05. The molecule has 2 unspecified atom stereocenters. The Morgan fingerprint density at radius 3 is 2.44 bits per heavy atom. The van der Waals surface area contributed by atoms with Crippen molar-refractivity contribution in [1.29, 1.82) is 0 Å². The van der Waals surface area contributed by atoms with Gasteiger partial charge in [0.05, 0.1) is 5.66 Å². The van der Waals surface area contributed by atoms with E-state index in [-0.39, 0.29) is 0 Å². The Balaban J connectivity index is 2.13. The van der Waals surface area contributed by atoms with Crippen LogP contribution >= 0.6 is 0 Å². The van der Waals surface area contributed by atoms with E-state index in [0.717, 1.165) is 0 Å². The molecule has 0 amide bonds. The van der Waals surface area contributed by atoms with Gasteiger partial charge in [0.2, 0.25) is 0 Å². The average Bonchev–Trinajstić information content (AvgIpc) is 2.38. The quantitative estimate of drug-likeness (QED) is 0.580. The lowest BCUT2D eigenvalue weighted by molar-refractivity contribution is 0.451. The first kappa shape index (κ1) is 7.03. The Morgan fingerprint density at radius 1 is 1.56 bits per heavy atom. The van der Waals surface area contributed by atoms with Gasteiger partial charge in [0.15, 0.2) is 0 Å². The Labute approximate surface area is 57.2 Å². The monoisotopic (exact) mass is 128 g/mol. The molecule has 0 saturated carbocycles. The minimum Gasteiger partial charge on any atom is -0.233 e. The highest BCUT2D eigenvalue weighted by atomic mass is 15.8. The van der Waals surface area contributed by atoms with Crippen molar-refractivity contribution in [3.05, 3.63) is 0 Å². The van der Waals surface area contributed by atoms with Gasteiger partial charge in [-0.1, -0.05) is 19.8 Å². The van der Waals surface area contributed by atoms with Crippen LogP contribution in [0.4, 0.5) is 0 Å². The summed E-state index contributed by atoms with van der Waals surface area (Å²) in [5.41, 5.74) is 3.62. The summed E-state index contributed by atoms with van der Waals surface area (Å²) in [6.45, 7) is 4.47. The molecule has 0 aromatic rings. The summed E-state index contributed by atoms with van der Waals surface area (Å²) in [4.78, 5) is 0. The first-order chi connectivity index (χ1) is 4.19. The van der Waals surface area contributed by atoms with Crippen molar-refractivity contribution in [1.82, 2.24) is 10.4 Å². The molecule has 0 aliphatic carbocycles. The Bertz CT molecular complexity index is 103. The highest BCUT2D eigenvalue weighted by Crippen LogP contribution is 2.27. The molecule has 1 N–H and O–H groups in total. The smallest absolute Gasteiger partial charge is 0.0942 e. The summed E-state index contributed by atoms with van der Waals surface area (Å²) in [5, 5.41) is 2.17. The molecule has 9 heavy (non-hydrogen) atoms. The van der Waals surface area contributed by atoms with Crippen molar-refractivity contribution in [3.63, 3.8) is 0 Å². The molecule has 1 heterocycles. The van der Waals surface area contributed by atoms with Crippen molar-refractivity contribution in [3.8, 4) is 0 Å². The summed E-state index contributed by atoms with van der Waals surface area (Å²) in [6, 6.07) is 0. The summed E-state index contributed by atoms with van der Waals surface area (Å²) >= 11 is 0. The van der Waals surface area contributed by atoms with E-state index < -0.39 is 0 Å². The van der Waals surface area contributed by atoms with Crippen LogP contribution < -0.4 is 5.43 Å². The zero-order chi connectivity index (χ0) is 6.91. The standard InChI is InChI=1S/C7H16N2/c1-4-5-6-7(2)8-9(7)3/h8H,4-6H2,1-3H3. The third-order valence-electron chi connectivity index (χ3n) is 2.12. The van der Waals surface area contributed by atoms with Gasteiger partial charge in [0.1, 0.15) is 0 Å². The van der Waals surface area contributed by atoms with Gasteiger partial charge in [-0.2, -0.15) is 0 Å². The zero-order valence-electron chi connectivity index (χ0n) is 6.57. The third kappa shape index (κ3) is 1.43. The Morgan fingerprint density at radius 2 is 2.11 bits per heavy atom. The maximum absolute atomic E-state index is 3.28. The maximum atomic E-state index is 3.28. The maximum Gasteiger partial charge on any atom is 0.0942 e. The molecule has 2 nitrogen and oxygen atoms in total. The first-order valence-electron chi connectivity index (χ1n) is 3.71. The van der Waals surface area contributed by atoms with Crippen LogP contribution in [-0.4, -0.2) is 17.7 Å². The molecule has 0 radical (unpaired) electrons. The predicted octanol–water partition coefficient (Wildman–Crippen LogP) is 1.34. The minimum absolute atomic E-state index is 0.343. The Hall–Kier alpha value is -0.0800. The Kier molecular flexibility index (Phi) is 1.78. The molecular formula is C7H16N2. The fourth-order valence-corrected chi connectivity index (χ4v) is 1.08. The molecule has 1 saturated heterocycles. The number of hydrazine groups is 1. The number of rotatable bonds is 3. The van der Waals surface area contributed by atoms with Crippen LogP contribution in [0.2, 0.25) is 0 Å². The number of nitrogens with one attached hydrogen (secondary N) is 1. The molecule has 2 atom stereocenters. The van der Waals surface area contributed by atoms with Crippen LogP contribution in [0, 0.1) is 0 Å². The van der Waals surface area contributed by atoms with Crippen molar-refractivity contribution in [2.45, 2.75) is 38.8 Å². The second-order valence-corrected chi connectivity index (χ2v) is 3.05. The van der Waals surface area contributed by atoms with Crippen LogP contribution in [-0.2, 0) is 0 Å². The van der Waals surface area contributed by atoms with Crippen molar-refractivity contribution in [2.75, 3.05) is 7.05 Å². The number of unbranched alkanes of at least 4 members (excludes halogenated alkanes) is 1. The van der Waals surface area contributed by atoms with Crippen LogP contribution in [0.25, 0.3) is 0 Å². The van der Waals surface area contributed by atoms with Crippen molar-refractivity contribution >= 4 is 0 Å². The van der Waals surface area contributed by atoms with Crippen LogP contribution in [0.1, 0.15) is 33.1 Å². The molecule has 2 heteroatoms. The van der Waals surface area contributed by atoms with Gasteiger partial charge in [-0.15, -0.1) is 0 Å². The second kappa shape index (κ2) is 2.27. The summed E-state index contributed by atoms with van der Waals surface area (Å²) < 4.78 is 0. The molecule has 54 valence electrons. The summed E-state index contributed by atoms with van der Waals surface area (Å²) in [5.74, 6) is 0.